The molecule has 1 aliphatic heterocycles. The number of rotatable bonds is 5. The summed E-state index contributed by atoms with van der Waals surface area (Å²) in [6.07, 6.45) is 4.32. The summed E-state index contributed by atoms with van der Waals surface area (Å²) in [6.45, 7) is 3.38. The van der Waals surface area contributed by atoms with Crippen molar-refractivity contribution in [3.05, 3.63) is 35.4 Å². The van der Waals surface area contributed by atoms with Crippen molar-refractivity contribution in [3.63, 3.8) is 0 Å². The molecule has 4 heteroatoms. The van der Waals surface area contributed by atoms with Crippen molar-refractivity contribution < 1.29 is 9.59 Å². The van der Waals surface area contributed by atoms with Crippen LogP contribution in [0.25, 0.3) is 0 Å². The molecule has 0 radical (unpaired) electrons. The van der Waals surface area contributed by atoms with Gasteiger partial charge in [-0.25, -0.2) is 0 Å². The molecule has 0 spiro atoms. The maximum Gasteiger partial charge on any atom is 0.224 e. The molecule has 1 amide bonds. The molecule has 2 N–H and O–H groups in total. The molecule has 23 heavy (non-hydrogen) atoms. The zero-order chi connectivity index (χ0) is 16.4. The maximum atomic E-state index is 12.5. The van der Waals surface area contributed by atoms with E-state index in [2.05, 4.69) is 0 Å². The molecule has 4 nitrogen and oxygen atoms in total. The van der Waals surface area contributed by atoms with Crippen LogP contribution in [0.3, 0.4) is 0 Å². The number of ketones is 1. The van der Waals surface area contributed by atoms with Gasteiger partial charge in [-0.15, -0.1) is 0 Å². The number of nitrogens with two attached hydrogens (primary N) is 1. The van der Waals surface area contributed by atoms with Crippen molar-refractivity contribution in [1.82, 2.24) is 4.90 Å². The van der Waals surface area contributed by atoms with Gasteiger partial charge in [0.15, 0.2) is 5.78 Å². The van der Waals surface area contributed by atoms with Crippen LogP contribution in [-0.2, 0) is 4.79 Å². The molecule has 1 atom stereocenters. The van der Waals surface area contributed by atoms with Crippen LogP contribution >= 0.6 is 0 Å². The fraction of sp³-hybridized carbons (Fsp3) is 0.579. The number of carbonyl (C=O) groups excluding carboxylic acids is 2. The summed E-state index contributed by atoms with van der Waals surface area (Å²) in [4.78, 5) is 26.7. The topological polar surface area (TPSA) is 63.4 Å². The monoisotopic (exact) mass is 314 g/mol. The molecular formula is C19H26N2O2. The summed E-state index contributed by atoms with van der Waals surface area (Å²) in [7, 11) is 0. The summed E-state index contributed by atoms with van der Waals surface area (Å²) >= 11 is 0. The number of hydrogen-bond donors (Lipinski definition) is 1. The van der Waals surface area contributed by atoms with E-state index >= 15 is 0 Å². The van der Waals surface area contributed by atoms with Gasteiger partial charge in [-0.3, -0.25) is 9.59 Å². The molecule has 0 bridgehead atoms. The Balaban J connectivity index is 1.50. The van der Waals surface area contributed by atoms with Crippen molar-refractivity contribution in [3.8, 4) is 0 Å². The SMILES string of the molecule is Cc1ccc(C(=O)C2CCN(C(=O)C[C@@H](N)C3CC3)CC2)cc1. The Morgan fingerprint density at radius 3 is 2.30 bits per heavy atom. The van der Waals surface area contributed by atoms with Gasteiger partial charge in [-0.05, 0) is 38.5 Å². The lowest BCUT2D eigenvalue weighted by Crippen LogP contribution is -2.42. The van der Waals surface area contributed by atoms with Crippen LogP contribution in [-0.4, -0.2) is 35.7 Å². The standard InChI is InChI=1S/C19H26N2O2/c1-13-2-4-15(5-3-13)19(23)16-8-10-21(11-9-16)18(22)12-17(20)14-6-7-14/h2-5,14,16-17H,6-12,20H2,1H3/t17-/m1/s1. The molecule has 124 valence electrons. The van der Waals surface area contributed by atoms with Crippen LogP contribution in [0.15, 0.2) is 24.3 Å². The smallest absolute Gasteiger partial charge is 0.224 e. The van der Waals surface area contributed by atoms with E-state index in [1.165, 1.54) is 12.8 Å². The fourth-order valence-electron chi connectivity index (χ4n) is 3.37. The van der Waals surface area contributed by atoms with Crippen LogP contribution in [0.1, 0.15) is 48.0 Å². The lowest BCUT2D eigenvalue weighted by atomic mass is 9.88. The van der Waals surface area contributed by atoms with Crippen molar-refractivity contribution in [2.24, 2.45) is 17.6 Å². The molecule has 1 aromatic carbocycles. The van der Waals surface area contributed by atoms with Gasteiger partial charge in [0.1, 0.15) is 0 Å². The third-order valence-electron chi connectivity index (χ3n) is 5.19. The average Bonchev–Trinajstić information content (AvgIpc) is 3.40. The molecule has 1 heterocycles. The van der Waals surface area contributed by atoms with E-state index in [0.717, 1.165) is 24.0 Å². The number of piperidine rings is 1. The van der Waals surface area contributed by atoms with Crippen molar-refractivity contribution in [2.45, 2.75) is 45.1 Å². The highest BCUT2D eigenvalue weighted by Crippen LogP contribution is 2.33. The second-order valence-electron chi connectivity index (χ2n) is 7.09. The van der Waals surface area contributed by atoms with Gasteiger partial charge in [-0.2, -0.15) is 0 Å². The Morgan fingerprint density at radius 2 is 1.74 bits per heavy atom. The van der Waals surface area contributed by atoms with E-state index < -0.39 is 0 Å². The van der Waals surface area contributed by atoms with Gasteiger partial charge in [0.2, 0.25) is 5.91 Å². The lowest BCUT2D eigenvalue weighted by molar-refractivity contribution is -0.132. The second-order valence-corrected chi connectivity index (χ2v) is 7.09. The highest BCUT2D eigenvalue weighted by molar-refractivity contribution is 5.98. The summed E-state index contributed by atoms with van der Waals surface area (Å²) < 4.78 is 0. The van der Waals surface area contributed by atoms with Gasteiger partial charge in [-0.1, -0.05) is 29.8 Å². The van der Waals surface area contributed by atoms with E-state index in [1.807, 2.05) is 36.1 Å². The predicted octanol–water partition coefficient (Wildman–Crippen LogP) is 2.54. The third-order valence-corrected chi connectivity index (χ3v) is 5.19. The van der Waals surface area contributed by atoms with Crippen LogP contribution in [0, 0.1) is 18.8 Å². The average molecular weight is 314 g/mol. The molecule has 1 saturated carbocycles. The maximum absolute atomic E-state index is 12.5. The van der Waals surface area contributed by atoms with Crippen molar-refractivity contribution in [1.29, 1.82) is 0 Å². The zero-order valence-electron chi connectivity index (χ0n) is 13.8. The first kappa shape index (κ1) is 16.2. The van der Waals surface area contributed by atoms with Crippen molar-refractivity contribution >= 4 is 11.7 Å². The van der Waals surface area contributed by atoms with Gasteiger partial charge in [0.05, 0.1) is 0 Å². The summed E-state index contributed by atoms with van der Waals surface area (Å²) in [5.41, 5.74) is 8.00. The normalized spacial score (nSPS) is 20.3. The molecule has 2 fully saturated rings. The first-order chi connectivity index (χ1) is 11.0. The summed E-state index contributed by atoms with van der Waals surface area (Å²) in [5.74, 6) is 0.968. The molecule has 0 aromatic heterocycles. The predicted molar refractivity (Wildman–Crippen MR) is 90.1 cm³/mol. The number of benzene rings is 1. The summed E-state index contributed by atoms with van der Waals surface area (Å²) in [5, 5.41) is 0. The van der Waals surface area contributed by atoms with Crippen molar-refractivity contribution in [2.75, 3.05) is 13.1 Å². The number of aryl methyl sites for hydroxylation is 1. The fourth-order valence-corrected chi connectivity index (χ4v) is 3.37. The quantitative estimate of drug-likeness (QED) is 0.850. The lowest BCUT2D eigenvalue weighted by Gasteiger charge is -2.32. The minimum Gasteiger partial charge on any atom is -0.343 e. The summed E-state index contributed by atoms with van der Waals surface area (Å²) in [6, 6.07) is 7.79. The highest BCUT2D eigenvalue weighted by Gasteiger charge is 2.33. The second kappa shape index (κ2) is 6.83. The van der Waals surface area contributed by atoms with Crippen LogP contribution < -0.4 is 5.73 Å². The minimum atomic E-state index is 0.0226. The molecule has 1 aromatic rings. The van der Waals surface area contributed by atoms with E-state index in [4.69, 9.17) is 5.73 Å². The first-order valence-electron chi connectivity index (χ1n) is 8.69. The molecular weight excluding hydrogens is 288 g/mol. The number of likely N-dealkylation sites (tertiary alicyclic amines) is 1. The van der Waals surface area contributed by atoms with Crippen LogP contribution in [0.5, 0.6) is 0 Å². The van der Waals surface area contributed by atoms with Gasteiger partial charge >= 0.3 is 0 Å². The zero-order valence-corrected chi connectivity index (χ0v) is 13.8. The molecule has 3 rings (SSSR count). The highest BCUT2D eigenvalue weighted by atomic mass is 16.2. The number of carbonyl (C=O) groups is 2. The minimum absolute atomic E-state index is 0.0226. The Morgan fingerprint density at radius 1 is 1.13 bits per heavy atom. The molecule has 0 unspecified atom stereocenters. The van der Waals surface area contributed by atoms with E-state index in [9.17, 15) is 9.59 Å². The number of Topliss-reactive ketones (excluding diaryl/α,β-unsaturated/α-hetero) is 1. The third kappa shape index (κ3) is 3.99. The molecule has 1 aliphatic carbocycles. The Kier molecular flexibility index (Phi) is 4.81. The number of amides is 1. The Hall–Kier alpha value is -1.68. The first-order valence-corrected chi connectivity index (χ1v) is 8.69. The van der Waals surface area contributed by atoms with Crippen LogP contribution in [0.4, 0.5) is 0 Å². The van der Waals surface area contributed by atoms with Gasteiger partial charge < -0.3 is 10.6 Å². The molecule has 2 aliphatic rings. The number of nitrogens with zero attached hydrogens (tertiary/aromatic N) is 1. The van der Waals surface area contributed by atoms with E-state index in [-0.39, 0.29) is 23.7 Å². The van der Waals surface area contributed by atoms with E-state index in [0.29, 0.717) is 25.4 Å². The van der Waals surface area contributed by atoms with E-state index in [1.54, 1.807) is 0 Å². The Labute approximate surface area is 138 Å². The van der Waals surface area contributed by atoms with Crippen LogP contribution in [0.2, 0.25) is 0 Å². The largest absolute Gasteiger partial charge is 0.343 e. The van der Waals surface area contributed by atoms with Gasteiger partial charge in [0.25, 0.3) is 0 Å². The molecule has 1 saturated heterocycles. The van der Waals surface area contributed by atoms with Gasteiger partial charge in [0, 0.05) is 37.0 Å². The Bertz CT molecular complexity index is 570. The number of hydrogen-bond acceptors (Lipinski definition) is 3.